The van der Waals surface area contributed by atoms with Gasteiger partial charge in [0.2, 0.25) is 0 Å². The number of fused-ring (bicyclic) bond motifs is 1. The second-order valence-electron chi connectivity index (χ2n) is 5.93. The summed E-state index contributed by atoms with van der Waals surface area (Å²) in [7, 11) is 5.40. The Balaban J connectivity index is 1.74. The fourth-order valence-corrected chi connectivity index (χ4v) is 3.65. The lowest BCUT2D eigenvalue weighted by Gasteiger charge is -2.33. The number of benzene rings is 1. The standard InChI is InChI=1S/C16H23ClN2O3/c1-18-6-7-22-14-10-19(9-12(14)18)8-11-4-5-13(20-2)16(21-3)15(11)17/h4-5,12,14H,6-10H2,1-3H3/t12-,14+/m1/s1. The number of hydrogen-bond acceptors (Lipinski definition) is 5. The topological polar surface area (TPSA) is 34.2 Å². The number of methoxy groups -OCH3 is 2. The van der Waals surface area contributed by atoms with Gasteiger partial charge in [0.15, 0.2) is 11.5 Å². The first-order chi connectivity index (χ1) is 10.6. The van der Waals surface area contributed by atoms with Gasteiger partial charge in [-0.3, -0.25) is 9.80 Å². The molecule has 0 saturated carbocycles. The lowest BCUT2D eigenvalue weighted by molar-refractivity contribution is -0.0370. The molecule has 2 heterocycles. The van der Waals surface area contributed by atoms with E-state index < -0.39 is 0 Å². The van der Waals surface area contributed by atoms with E-state index in [0.29, 0.717) is 28.7 Å². The van der Waals surface area contributed by atoms with E-state index in [1.165, 1.54) is 0 Å². The molecule has 122 valence electrons. The molecule has 3 rings (SSSR count). The summed E-state index contributed by atoms with van der Waals surface area (Å²) in [5.74, 6) is 1.26. The zero-order valence-corrected chi connectivity index (χ0v) is 14.1. The van der Waals surface area contributed by atoms with Gasteiger partial charge in [0.05, 0.1) is 32.0 Å². The lowest BCUT2D eigenvalue weighted by Crippen LogP contribution is -2.48. The van der Waals surface area contributed by atoms with E-state index in [0.717, 1.165) is 38.3 Å². The highest BCUT2D eigenvalue weighted by molar-refractivity contribution is 6.33. The van der Waals surface area contributed by atoms with Gasteiger partial charge >= 0.3 is 0 Å². The van der Waals surface area contributed by atoms with Crippen molar-refractivity contribution in [3.63, 3.8) is 0 Å². The second kappa shape index (κ2) is 6.62. The number of ether oxygens (including phenoxy) is 3. The maximum absolute atomic E-state index is 6.48. The van der Waals surface area contributed by atoms with Gasteiger partial charge in [0.1, 0.15) is 0 Å². The lowest BCUT2D eigenvalue weighted by atomic mass is 10.1. The van der Waals surface area contributed by atoms with Gasteiger partial charge < -0.3 is 14.2 Å². The molecule has 1 aromatic carbocycles. The Bertz CT molecular complexity index is 540. The van der Waals surface area contributed by atoms with E-state index in [1.807, 2.05) is 12.1 Å². The van der Waals surface area contributed by atoms with Crippen molar-refractivity contribution in [1.29, 1.82) is 0 Å². The monoisotopic (exact) mass is 326 g/mol. The minimum atomic E-state index is 0.303. The largest absolute Gasteiger partial charge is 0.493 e. The minimum Gasteiger partial charge on any atom is -0.493 e. The molecule has 2 aliphatic rings. The van der Waals surface area contributed by atoms with E-state index in [1.54, 1.807) is 14.2 Å². The van der Waals surface area contributed by atoms with E-state index in [9.17, 15) is 0 Å². The van der Waals surface area contributed by atoms with Crippen molar-refractivity contribution in [2.24, 2.45) is 0 Å². The Labute approximate surface area is 136 Å². The average molecular weight is 327 g/mol. The summed E-state index contributed by atoms with van der Waals surface area (Å²) in [5, 5.41) is 0.631. The van der Waals surface area contributed by atoms with Gasteiger partial charge in [-0.05, 0) is 18.7 Å². The number of halogens is 1. The third kappa shape index (κ3) is 2.91. The van der Waals surface area contributed by atoms with Crippen molar-refractivity contribution >= 4 is 11.6 Å². The number of hydrogen-bond donors (Lipinski definition) is 0. The highest BCUT2D eigenvalue weighted by atomic mass is 35.5. The van der Waals surface area contributed by atoms with Crippen LogP contribution in [0.4, 0.5) is 0 Å². The third-order valence-corrected chi connectivity index (χ3v) is 5.03. The SMILES string of the molecule is COc1ccc(CN2C[C@@H]3OCCN(C)[C@@H]3C2)c(Cl)c1OC. The molecule has 2 atom stereocenters. The second-order valence-corrected chi connectivity index (χ2v) is 6.30. The van der Waals surface area contributed by atoms with E-state index in [-0.39, 0.29) is 0 Å². The van der Waals surface area contributed by atoms with Gasteiger partial charge in [-0.2, -0.15) is 0 Å². The van der Waals surface area contributed by atoms with E-state index >= 15 is 0 Å². The molecule has 0 aliphatic carbocycles. The predicted molar refractivity (Wildman–Crippen MR) is 86.0 cm³/mol. The number of likely N-dealkylation sites (tertiary alicyclic amines) is 1. The van der Waals surface area contributed by atoms with Crippen LogP contribution in [0.15, 0.2) is 12.1 Å². The molecule has 0 radical (unpaired) electrons. The van der Waals surface area contributed by atoms with Crippen molar-refractivity contribution in [3.05, 3.63) is 22.7 Å². The van der Waals surface area contributed by atoms with Gasteiger partial charge in [0, 0.05) is 32.2 Å². The molecule has 1 aromatic rings. The fraction of sp³-hybridized carbons (Fsp3) is 0.625. The zero-order chi connectivity index (χ0) is 15.7. The fourth-order valence-electron chi connectivity index (χ4n) is 3.36. The number of rotatable bonds is 4. The molecule has 0 spiro atoms. The highest BCUT2D eigenvalue weighted by Crippen LogP contribution is 2.38. The van der Waals surface area contributed by atoms with Crippen LogP contribution < -0.4 is 9.47 Å². The normalized spacial score (nSPS) is 26.0. The summed E-state index contributed by atoms with van der Waals surface area (Å²) in [6.07, 6.45) is 0.303. The van der Waals surface area contributed by atoms with Crippen LogP contribution in [0.25, 0.3) is 0 Å². The smallest absolute Gasteiger partial charge is 0.179 e. The Morgan fingerprint density at radius 3 is 2.77 bits per heavy atom. The first-order valence-electron chi connectivity index (χ1n) is 7.57. The summed E-state index contributed by atoms with van der Waals surface area (Å²) in [5.41, 5.74) is 1.06. The van der Waals surface area contributed by atoms with Crippen molar-refractivity contribution in [1.82, 2.24) is 9.80 Å². The summed E-state index contributed by atoms with van der Waals surface area (Å²) in [6.45, 7) is 4.57. The minimum absolute atomic E-state index is 0.303. The van der Waals surface area contributed by atoms with Crippen molar-refractivity contribution in [3.8, 4) is 11.5 Å². The molecule has 0 bridgehead atoms. The summed E-state index contributed by atoms with van der Waals surface area (Å²) < 4.78 is 16.5. The number of nitrogens with zero attached hydrogens (tertiary/aromatic N) is 2. The summed E-state index contributed by atoms with van der Waals surface area (Å²) in [6, 6.07) is 4.40. The van der Waals surface area contributed by atoms with Crippen molar-refractivity contribution in [2.75, 3.05) is 47.5 Å². The van der Waals surface area contributed by atoms with Gasteiger partial charge in [-0.25, -0.2) is 0 Å². The maximum atomic E-state index is 6.48. The van der Waals surface area contributed by atoms with Crippen LogP contribution in [0.1, 0.15) is 5.56 Å². The molecule has 0 unspecified atom stereocenters. The highest BCUT2D eigenvalue weighted by Gasteiger charge is 2.38. The average Bonchev–Trinajstić information content (AvgIpc) is 2.93. The number of likely N-dealkylation sites (N-methyl/N-ethyl adjacent to an activating group) is 1. The Morgan fingerprint density at radius 1 is 1.27 bits per heavy atom. The van der Waals surface area contributed by atoms with Crippen molar-refractivity contribution < 1.29 is 14.2 Å². The Morgan fingerprint density at radius 2 is 2.09 bits per heavy atom. The third-order valence-electron chi connectivity index (χ3n) is 4.61. The quantitative estimate of drug-likeness (QED) is 0.844. The summed E-state index contributed by atoms with van der Waals surface area (Å²) in [4.78, 5) is 4.79. The van der Waals surface area contributed by atoms with E-state index in [2.05, 4.69) is 16.8 Å². The first-order valence-corrected chi connectivity index (χ1v) is 7.95. The molecule has 5 nitrogen and oxygen atoms in total. The maximum Gasteiger partial charge on any atom is 0.179 e. The van der Waals surface area contributed by atoms with Crippen LogP contribution in [-0.2, 0) is 11.3 Å². The molecule has 2 fully saturated rings. The molecule has 2 saturated heterocycles. The van der Waals surface area contributed by atoms with Gasteiger partial charge in [0.25, 0.3) is 0 Å². The van der Waals surface area contributed by atoms with Crippen LogP contribution in [-0.4, -0.2) is 69.5 Å². The number of morpholine rings is 1. The Hall–Kier alpha value is -1.01. The van der Waals surface area contributed by atoms with Crippen LogP contribution in [0.3, 0.4) is 0 Å². The zero-order valence-electron chi connectivity index (χ0n) is 13.3. The molecule has 2 aliphatic heterocycles. The molecular weight excluding hydrogens is 304 g/mol. The summed E-state index contributed by atoms with van der Waals surface area (Å²) >= 11 is 6.48. The van der Waals surface area contributed by atoms with Gasteiger partial charge in [-0.1, -0.05) is 17.7 Å². The predicted octanol–water partition coefficient (Wildman–Crippen LogP) is 1.87. The molecule has 0 aromatic heterocycles. The van der Waals surface area contributed by atoms with E-state index in [4.69, 9.17) is 25.8 Å². The molecule has 0 N–H and O–H groups in total. The van der Waals surface area contributed by atoms with Crippen LogP contribution in [0, 0.1) is 0 Å². The molecular formula is C16H23ClN2O3. The van der Waals surface area contributed by atoms with Crippen LogP contribution >= 0.6 is 11.6 Å². The first kappa shape index (κ1) is 15.9. The molecule has 0 amide bonds. The molecule has 22 heavy (non-hydrogen) atoms. The van der Waals surface area contributed by atoms with Crippen LogP contribution in [0.2, 0.25) is 5.02 Å². The van der Waals surface area contributed by atoms with Gasteiger partial charge in [-0.15, -0.1) is 0 Å². The molecule has 6 heteroatoms. The Kier molecular flexibility index (Phi) is 4.78. The van der Waals surface area contributed by atoms with Crippen LogP contribution in [0.5, 0.6) is 11.5 Å². The van der Waals surface area contributed by atoms with Crippen molar-refractivity contribution in [2.45, 2.75) is 18.7 Å².